The summed E-state index contributed by atoms with van der Waals surface area (Å²) >= 11 is 1.49. The number of nitrogens with two attached hydrogens (primary N) is 1. The van der Waals surface area contributed by atoms with Gasteiger partial charge in [-0.3, -0.25) is 4.79 Å². The van der Waals surface area contributed by atoms with Crippen molar-refractivity contribution < 1.29 is 9.90 Å². The normalized spacial score (nSPS) is 12.8. The van der Waals surface area contributed by atoms with E-state index in [1.807, 2.05) is 6.07 Å². The maximum atomic E-state index is 10.5. The number of carboxylic acids is 1. The highest BCUT2D eigenvalue weighted by molar-refractivity contribution is 7.12. The minimum Gasteiger partial charge on any atom is -0.480 e. The maximum Gasteiger partial charge on any atom is 0.325 e. The van der Waals surface area contributed by atoms with E-state index in [4.69, 9.17) is 10.8 Å². The van der Waals surface area contributed by atoms with Crippen molar-refractivity contribution in [2.24, 2.45) is 5.73 Å². The number of rotatable bonds is 4. The molecule has 0 aliphatic heterocycles. The fourth-order valence-electron chi connectivity index (χ4n) is 1.06. The summed E-state index contributed by atoms with van der Waals surface area (Å²) in [5, 5.41) is 8.66. The van der Waals surface area contributed by atoms with E-state index in [0.29, 0.717) is 0 Å². The molecule has 1 unspecified atom stereocenters. The van der Waals surface area contributed by atoms with Crippen LogP contribution in [0.15, 0.2) is 12.1 Å². The molecule has 1 rings (SSSR count). The molecule has 0 fully saturated rings. The number of thiophene rings is 1. The Kier molecular flexibility index (Phi) is 3.45. The Balaban J connectivity index is 2.73. The van der Waals surface area contributed by atoms with Gasteiger partial charge in [0.1, 0.15) is 6.04 Å². The Bertz CT molecular complexity index is 296. The van der Waals surface area contributed by atoms with Gasteiger partial charge in [0, 0.05) is 9.75 Å². The topological polar surface area (TPSA) is 63.3 Å². The quantitative estimate of drug-likeness (QED) is 0.777. The SMILES string of the molecule is CCCc1ccc(C(N)C(=O)O)s1. The lowest BCUT2D eigenvalue weighted by Crippen LogP contribution is -2.19. The largest absolute Gasteiger partial charge is 0.480 e. The first-order chi connectivity index (χ1) is 6.15. The summed E-state index contributed by atoms with van der Waals surface area (Å²) in [5.74, 6) is -0.968. The molecule has 0 saturated heterocycles. The van der Waals surface area contributed by atoms with Crippen LogP contribution in [0.4, 0.5) is 0 Å². The van der Waals surface area contributed by atoms with Crippen LogP contribution in [0, 0.1) is 0 Å². The molecule has 13 heavy (non-hydrogen) atoms. The average Bonchev–Trinajstić information content (AvgIpc) is 2.52. The molecule has 3 nitrogen and oxygen atoms in total. The molecule has 1 atom stereocenters. The summed E-state index contributed by atoms with van der Waals surface area (Å²) < 4.78 is 0. The van der Waals surface area contributed by atoms with Crippen LogP contribution >= 0.6 is 11.3 Å². The highest BCUT2D eigenvalue weighted by Crippen LogP contribution is 2.22. The van der Waals surface area contributed by atoms with E-state index >= 15 is 0 Å². The predicted molar refractivity (Wildman–Crippen MR) is 52.9 cm³/mol. The first-order valence-corrected chi connectivity index (χ1v) is 5.03. The summed E-state index contributed by atoms with van der Waals surface area (Å²) in [6.07, 6.45) is 2.07. The zero-order chi connectivity index (χ0) is 9.84. The number of carboxylic acid groups (broad SMARTS) is 1. The molecule has 0 aliphatic rings. The van der Waals surface area contributed by atoms with E-state index in [0.717, 1.165) is 17.7 Å². The Morgan fingerprint density at radius 3 is 2.92 bits per heavy atom. The highest BCUT2D eigenvalue weighted by Gasteiger charge is 2.15. The fraction of sp³-hybridized carbons (Fsp3) is 0.444. The lowest BCUT2D eigenvalue weighted by atomic mass is 10.2. The van der Waals surface area contributed by atoms with Crippen LogP contribution < -0.4 is 5.73 Å². The van der Waals surface area contributed by atoms with Crippen molar-refractivity contribution in [3.8, 4) is 0 Å². The lowest BCUT2D eigenvalue weighted by Gasteiger charge is -2.01. The molecule has 4 heteroatoms. The van der Waals surface area contributed by atoms with Crippen LogP contribution in [-0.4, -0.2) is 11.1 Å². The Labute approximate surface area is 81.2 Å². The van der Waals surface area contributed by atoms with Crippen molar-refractivity contribution in [1.29, 1.82) is 0 Å². The molecule has 1 aromatic rings. The van der Waals surface area contributed by atoms with E-state index in [1.165, 1.54) is 16.2 Å². The summed E-state index contributed by atoms with van der Waals surface area (Å²) in [6, 6.07) is 2.89. The summed E-state index contributed by atoms with van der Waals surface area (Å²) in [5.41, 5.74) is 5.46. The molecular weight excluding hydrogens is 186 g/mol. The molecule has 1 aromatic heterocycles. The van der Waals surface area contributed by atoms with E-state index in [-0.39, 0.29) is 0 Å². The van der Waals surface area contributed by atoms with Gasteiger partial charge in [0.25, 0.3) is 0 Å². The second-order valence-corrected chi connectivity index (χ2v) is 4.07. The third kappa shape index (κ3) is 2.54. The minimum absolute atomic E-state index is 0.732. The third-order valence-electron chi connectivity index (χ3n) is 1.75. The fourth-order valence-corrected chi connectivity index (χ4v) is 2.17. The predicted octanol–water partition coefficient (Wildman–Crippen LogP) is 1.79. The van der Waals surface area contributed by atoms with Crippen molar-refractivity contribution in [1.82, 2.24) is 0 Å². The molecule has 0 aromatic carbocycles. The van der Waals surface area contributed by atoms with Gasteiger partial charge in [-0.05, 0) is 18.6 Å². The standard InChI is InChI=1S/C9H13NO2S/c1-2-3-6-4-5-7(13-6)8(10)9(11)12/h4-5,8H,2-3,10H2,1H3,(H,11,12). The smallest absolute Gasteiger partial charge is 0.325 e. The Morgan fingerprint density at radius 2 is 2.38 bits per heavy atom. The first-order valence-electron chi connectivity index (χ1n) is 4.22. The molecule has 0 radical (unpaired) electrons. The molecule has 0 bridgehead atoms. The first kappa shape index (κ1) is 10.2. The zero-order valence-corrected chi connectivity index (χ0v) is 8.30. The summed E-state index contributed by atoms with van der Waals surface area (Å²) in [6.45, 7) is 2.09. The average molecular weight is 199 g/mol. The van der Waals surface area contributed by atoms with Gasteiger partial charge in [-0.1, -0.05) is 13.3 Å². The second-order valence-electron chi connectivity index (χ2n) is 2.87. The van der Waals surface area contributed by atoms with Crippen LogP contribution in [0.5, 0.6) is 0 Å². The van der Waals surface area contributed by atoms with Crippen LogP contribution in [0.25, 0.3) is 0 Å². The van der Waals surface area contributed by atoms with Gasteiger partial charge >= 0.3 is 5.97 Å². The van der Waals surface area contributed by atoms with Crippen molar-refractivity contribution in [2.75, 3.05) is 0 Å². The number of hydrogen-bond acceptors (Lipinski definition) is 3. The molecule has 0 saturated carbocycles. The van der Waals surface area contributed by atoms with Gasteiger partial charge in [-0.15, -0.1) is 11.3 Å². The van der Waals surface area contributed by atoms with E-state index < -0.39 is 12.0 Å². The summed E-state index contributed by atoms with van der Waals surface area (Å²) in [7, 11) is 0. The molecule has 0 aliphatic carbocycles. The number of carbonyl (C=O) groups is 1. The van der Waals surface area contributed by atoms with Gasteiger partial charge in [-0.2, -0.15) is 0 Å². The van der Waals surface area contributed by atoms with E-state index in [9.17, 15) is 4.79 Å². The molecule has 3 N–H and O–H groups in total. The molecular formula is C9H13NO2S. The maximum absolute atomic E-state index is 10.5. The van der Waals surface area contributed by atoms with Gasteiger partial charge in [0.2, 0.25) is 0 Å². The van der Waals surface area contributed by atoms with Crippen molar-refractivity contribution in [3.63, 3.8) is 0 Å². The van der Waals surface area contributed by atoms with Crippen LogP contribution in [0.3, 0.4) is 0 Å². The van der Waals surface area contributed by atoms with Crippen LogP contribution in [-0.2, 0) is 11.2 Å². The van der Waals surface area contributed by atoms with Crippen LogP contribution in [0.2, 0.25) is 0 Å². The van der Waals surface area contributed by atoms with Crippen LogP contribution in [0.1, 0.15) is 29.1 Å². The van der Waals surface area contributed by atoms with Crippen molar-refractivity contribution in [2.45, 2.75) is 25.8 Å². The lowest BCUT2D eigenvalue weighted by molar-refractivity contribution is -0.138. The highest BCUT2D eigenvalue weighted by atomic mass is 32.1. The van der Waals surface area contributed by atoms with Crippen molar-refractivity contribution in [3.05, 3.63) is 21.9 Å². The van der Waals surface area contributed by atoms with Gasteiger partial charge < -0.3 is 10.8 Å². The monoisotopic (exact) mass is 199 g/mol. The number of aryl methyl sites for hydroxylation is 1. The van der Waals surface area contributed by atoms with Crippen molar-refractivity contribution >= 4 is 17.3 Å². The molecule has 0 spiro atoms. The van der Waals surface area contributed by atoms with Gasteiger partial charge in [0.15, 0.2) is 0 Å². The van der Waals surface area contributed by atoms with Gasteiger partial charge in [-0.25, -0.2) is 0 Å². The molecule has 1 heterocycles. The second kappa shape index (κ2) is 4.39. The Hall–Kier alpha value is -0.870. The van der Waals surface area contributed by atoms with E-state index in [2.05, 4.69) is 6.92 Å². The molecule has 72 valence electrons. The number of hydrogen-bond donors (Lipinski definition) is 2. The molecule has 0 amide bonds. The third-order valence-corrected chi connectivity index (χ3v) is 2.98. The summed E-state index contributed by atoms with van der Waals surface area (Å²) in [4.78, 5) is 12.5. The number of aliphatic carboxylic acids is 1. The Morgan fingerprint density at radius 1 is 1.69 bits per heavy atom. The minimum atomic E-state index is -0.968. The van der Waals surface area contributed by atoms with Gasteiger partial charge in [0.05, 0.1) is 0 Å². The van der Waals surface area contributed by atoms with E-state index in [1.54, 1.807) is 6.07 Å². The zero-order valence-electron chi connectivity index (χ0n) is 7.49.